The molecule has 29 heavy (non-hydrogen) atoms. The first-order valence-electron chi connectivity index (χ1n) is 10.2. The second-order valence-corrected chi connectivity index (χ2v) is 8.84. The average Bonchev–Trinajstić information content (AvgIpc) is 3.47. The first-order valence-corrected chi connectivity index (χ1v) is 11.0. The van der Waals surface area contributed by atoms with E-state index in [0.29, 0.717) is 19.5 Å². The summed E-state index contributed by atoms with van der Waals surface area (Å²) in [4.78, 5) is 31.0. The number of fused-ring (bicyclic) bond motifs is 1. The number of carbonyl (C=O) groups is 2. The fraction of sp³-hybridized carbons (Fsp3) is 0.524. The molecule has 2 amide bonds. The highest BCUT2D eigenvalue weighted by Gasteiger charge is 2.44. The number of rotatable bonds is 7. The van der Waals surface area contributed by atoms with Crippen LogP contribution in [0.3, 0.4) is 0 Å². The van der Waals surface area contributed by atoms with Gasteiger partial charge in [-0.2, -0.15) is 0 Å². The van der Waals surface area contributed by atoms with Crippen molar-refractivity contribution in [3.05, 3.63) is 46.5 Å². The number of hydrogen-bond acceptors (Lipinski definition) is 6. The van der Waals surface area contributed by atoms with E-state index in [1.807, 2.05) is 12.1 Å². The van der Waals surface area contributed by atoms with Crippen molar-refractivity contribution in [1.82, 2.24) is 20.4 Å². The lowest BCUT2D eigenvalue weighted by molar-refractivity contribution is -0.126. The van der Waals surface area contributed by atoms with E-state index in [-0.39, 0.29) is 29.9 Å². The van der Waals surface area contributed by atoms with Gasteiger partial charge in [0.05, 0.1) is 12.8 Å². The normalized spacial score (nSPS) is 25.4. The van der Waals surface area contributed by atoms with E-state index < -0.39 is 0 Å². The molecule has 2 aliphatic heterocycles. The molecule has 2 N–H and O–H groups in total. The van der Waals surface area contributed by atoms with E-state index >= 15 is 0 Å². The molecular weight excluding hydrogens is 388 g/mol. The minimum atomic E-state index is -0.125. The van der Waals surface area contributed by atoms with Crippen molar-refractivity contribution >= 4 is 23.2 Å². The molecule has 0 spiro atoms. The van der Waals surface area contributed by atoms with E-state index in [9.17, 15) is 9.59 Å². The van der Waals surface area contributed by atoms with Crippen LogP contribution in [0.1, 0.15) is 29.9 Å². The zero-order valence-electron chi connectivity index (χ0n) is 16.7. The third-order valence-corrected chi connectivity index (χ3v) is 6.89. The predicted molar refractivity (Wildman–Crippen MR) is 111 cm³/mol. The van der Waals surface area contributed by atoms with Gasteiger partial charge in [0.25, 0.3) is 0 Å². The van der Waals surface area contributed by atoms with E-state index in [4.69, 9.17) is 4.42 Å². The second kappa shape index (κ2) is 9.11. The Morgan fingerprint density at radius 2 is 2.28 bits per heavy atom. The van der Waals surface area contributed by atoms with Crippen LogP contribution in [0.5, 0.6) is 0 Å². The topological polar surface area (TPSA) is 77.8 Å². The monoisotopic (exact) mass is 416 g/mol. The van der Waals surface area contributed by atoms with Gasteiger partial charge in [-0.1, -0.05) is 6.07 Å². The summed E-state index contributed by atoms with van der Waals surface area (Å²) in [6.07, 6.45) is 3.72. The Morgan fingerprint density at radius 1 is 1.38 bits per heavy atom. The average molecular weight is 417 g/mol. The van der Waals surface area contributed by atoms with Crippen LogP contribution in [0.25, 0.3) is 0 Å². The maximum atomic E-state index is 12.8. The second-order valence-electron chi connectivity index (χ2n) is 7.81. The Kier molecular flexibility index (Phi) is 6.32. The van der Waals surface area contributed by atoms with Crippen molar-refractivity contribution in [2.45, 2.75) is 50.5 Å². The molecule has 0 aromatic carbocycles. The Bertz CT molecular complexity index is 808. The predicted octanol–water partition coefficient (Wildman–Crippen LogP) is 1.81. The molecule has 3 atom stereocenters. The lowest BCUT2D eigenvalue weighted by Gasteiger charge is -2.33. The van der Waals surface area contributed by atoms with Crippen molar-refractivity contribution in [3.63, 3.8) is 0 Å². The summed E-state index contributed by atoms with van der Waals surface area (Å²) < 4.78 is 5.24. The van der Waals surface area contributed by atoms with Crippen molar-refractivity contribution in [3.8, 4) is 0 Å². The van der Waals surface area contributed by atoms with Crippen LogP contribution in [0.15, 0.2) is 40.3 Å². The van der Waals surface area contributed by atoms with Crippen molar-refractivity contribution < 1.29 is 14.0 Å². The van der Waals surface area contributed by atoms with Crippen LogP contribution in [0.4, 0.5) is 0 Å². The number of nitrogens with zero attached hydrogens (tertiary/aromatic N) is 2. The van der Waals surface area contributed by atoms with Crippen LogP contribution in [-0.4, -0.2) is 59.9 Å². The zero-order valence-corrected chi connectivity index (χ0v) is 17.5. The van der Waals surface area contributed by atoms with E-state index in [2.05, 4.69) is 45.0 Å². The molecule has 4 rings (SSSR count). The number of nitrogens with one attached hydrogen (secondary N) is 2. The molecule has 2 fully saturated rings. The number of carbonyl (C=O) groups excluding carboxylic acids is 2. The number of thiophene rings is 1. The standard InChI is InChI=1S/C21H28N4O3S/c1-24-15(6-7-19(26)22-13-16-4-2-10-28-16)12-23-21(27)20-18(24)8-9-25(20)14-17-5-3-11-29-17/h2-5,10-11,15,18,20H,6-9,12-14H2,1H3,(H,22,26)(H,23,27)/t15-,18+,20-/m0/s1. The summed E-state index contributed by atoms with van der Waals surface area (Å²) in [5.41, 5.74) is 0. The van der Waals surface area contributed by atoms with Crippen LogP contribution in [0.2, 0.25) is 0 Å². The molecule has 2 aliphatic rings. The smallest absolute Gasteiger partial charge is 0.239 e. The molecule has 156 valence electrons. The number of likely N-dealkylation sites (N-methyl/N-ethyl adjacent to an activating group) is 1. The molecule has 0 saturated carbocycles. The van der Waals surface area contributed by atoms with Gasteiger partial charge < -0.3 is 15.1 Å². The van der Waals surface area contributed by atoms with Gasteiger partial charge in [0, 0.05) is 43.0 Å². The number of furan rings is 1. The van der Waals surface area contributed by atoms with Crippen molar-refractivity contribution in [1.29, 1.82) is 0 Å². The zero-order chi connectivity index (χ0) is 20.2. The quantitative estimate of drug-likeness (QED) is 0.720. The molecule has 0 aliphatic carbocycles. The van der Waals surface area contributed by atoms with E-state index in [1.165, 1.54) is 4.88 Å². The van der Waals surface area contributed by atoms with Crippen molar-refractivity contribution in [2.75, 3.05) is 20.1 Å². The molecule has 2 aromatic rings. The summed E-state index contributed by atoms with van der Waals surface area (Å²) in [6.45, 7) is 2.73. The fourth-order valence-corrected chi connectivity index (χ4v) is 5.14. The summed E-state index contributed by atoms with van der Waals surface area (Å²) in [5, 5.41) is 8.09. The maximum Gasteiger partial charge on any atom is 0.239 e. The van der Waals surface area contributed by atoms with E-state index in [0.717, 1.165) is 31.7 Å². The molecule has 0 radical (unpaired) electrons. The van der Waals surface area contributed by atoms with E-state index in [1.54, 1.807) is 17.6 Å². The summed E-state index contributed by atoms with van der Waals surface area (Å²) in [7, 11) is 2.10. The fourth-order valence-electron chi connectivity index (χ4n) is 4.41. The first-order chi connectivity index (χ1) is 14.1. The Morgan fingerprint density at radius 3 is 3.03 bits per heavy atom. The molecule has 4 heterocycles. The molecule has 2 saturated heterocycles. The third kappa shape index (κ3) is 4.71. The van der Waals surface area contributed by atoms with Gasteiger partial charge in [-0.15, -0.1) is 11.3 Å². The molecule has 2 aromatic heterocycles. The highest BCUT2D eigenvalue weighted by molar-refractivity contribution is 7.09. The van der Waals surface area contributed by atoms with Crippen LogP contribution >= 0.6 is 11.3 Å². The number of amides is 2. The molecular formula is C21H28N4O3S. The van der Waals surface area contributed by atoms with Crippen LogP contribution in [-0.2, 0) is 22.7 Å². The Hall–Kier alpha value is -2.16. The summed E-state index contributed by atoms with van der Waals surface area (Å²) in [5.74, 6) is 0.866. The van der Waals surface area contributed by atoms with Crippen LogP contribution in [0, 0.1) is 0 Å². The highest BCUT2D eigenvalue weighted by Crippen LogP contribution is 2.29. The number of hydrogen-bond donors (Lipinski definition) is 2. The molecule has 0 bridgehead atoms. The Balaban J connectivity index is 1.32. The van der Waals surface area contributed by atoms with Gasteiger partial charge in [0.15, 0.2) is 0 Å². The van der Waals surface area contributed by atoms with Crippen molar-refractivity contribution in [2.24, 2.45) is 0 Å². The SMILES string of the molecule is CN1[C@@H](CCC(=O)NCc2ccco2)CNC(=O)[C@@H]2[C@H]1CCN2Cc1cccs1. The maximum absolute atomic E-state index is 12.8. The number of likely N-dealkylation sites (tertiary alicyclic amines) is 1. The highest BCUT2D eigenvalue weighted by atomic mass is 32.1. The van der Waals surface area contributed by atoms with Gasteiger partial charge in [0.2, 0.25) is 11.8 Å². The lowest BCUT2D eigenvalue weighted by Crippen LogP contribution is -2.49. The minimum Gasteiger partial charge on any atom is -0.467 e. The van der Waals surface area contributed by atoms with Gasteiger partial charge in [-0.3, -0.25) is 19.4 Å². The Labute approximate surface area is 175 Å². The molecule has 8 heteroatoms. The van der Waals surface area contributed by atoms with Gasteiger partial charge in [-0.05, 0) is 43.5 Å². The summed E-state index contributed by atoms with van der Waals surface area (Å²) >= 11 is 1.73. The largest absolute Gasteiger partial charge is 0.467 e. The molecule has 0 unspecified atom stereocenters. The van der Waals surface area contributed by atoms with Gasteiger partial charge in [0.1, 0.15) is 11.8 Å². The van der Waals surface area contributed by atoms with Gasteiger partial charge in [-0.25, -0.2) is 0 Å². The minimum absolute atomic E-state index is 0.00710. The lowest BCUT2D eigenvalue weighted by atomic mass is 10.0. The summed E-state index contributed by atoms with van der Waals surface area (Å²) in [6, 6.07) is 8.06. The molecule has 7 nitrogen and oxygen atoms in total. The first kappa shape index (κ1) is 20.1. The van der Waals surface area contributed by atoms with Gasteiger partial charge >= 0.3 is 0 Å². The van der Waals surface area contributed by atoms with Crippen LogP contribution < -0.4 is 10.6 Å². The third-order valence-electron chi connectivity index (χ3n) is 6.03.